The molecule has 62 valence electrons. The molecule has 2 heteroatoms. The standard InChI is InChI=1S/C8H19NO/c1-6(10)5-7(9)8(2,3)4/h6-7,10H,5,9H2,1-4H3. The van der Waals surface area contributed by atoms with Crippen molar-refractivity contribution < 1.29 is 5.11 Å². The number of nitrogens with two attached hydrogens (primary N) is 1. The first-order valence-corrected chi connectivity index (χ1v) is 3.77. The molecule has 10 heavy (non-hydrogen) atoms. The van der Waals surface area contributed by atoms with E-state index in [0.717, 1.165) is 0 Å². The van der Waals surface area contributed by atoms with E-state index in [4.69, 9.17) is 10.8 Å². The molecule has 0 spiro atoms. The third kappa shape index (κ3) is 3.85. The molecule has 2 nitrogen and oxygen atoms in total. The quantitative estimate of drug-likeness (QED) is 0.612. The molecule has 0 aromatic heterocycles. The normalized spacial score (nSPS) is 18.6. The number of hydrogen-bond donors (Lipinski definition) is 2. The van der Waals surface area contributed by atoms with E-state index >= 15 is 0 Å². The molecular formula is C8H19NO. The van der Waals surface area contributed by atoms with Gasteiger partial charge in [-0.3, -0.25) is 0 Å². The summed E-state index contributed by atoms with van der Waals surface area (Å²) in [5, 5.41) is 9.01. The van der Waals surface area contributed by atoms with Crippen molar-refractivity contribution in [1.29, 1.82) is 0 Å². The summed E-state index contributed by atoms with van der Waals surface area (Å²) in [6, 6.07) is 0.0903. The van der Waals surface area contributed by atoms with Crippen LogP contribution in [0.4, 0.5) is 0 Å². The Hall–Kier alpha value is -0.0800. The van der Waals surface area contributed by atoms with E-state index in [1.165, 1.54) is 0 Å². The molecule has 0 saturated heterocycles. The Morgan fingerprint density at radius 3 is 1.90 bits per heavy atom. The Kier molecular flexibility index (Phi) is 3.33. The SMILES string of the molecule is CC(O)CC(N)C(C)(C)C. The van der Waals surface area contributed by atoms with Gasteiger partial charge >= 0.3 is 0 Å². The van der Waals surface area contributed by atoms with Gasteiger partial charge in [-0.15, -0.1) is 0 Å². The lowest BCUT2D eigenvalue weighted by Gasteiger charge is -2.27. The van der Waals surface area contributed by atoms with E-state index in [0.29, 0.717) is 6.42 Å². The molecule has 2 unspecified atom stereocenters. The molecule has 0 saturated carbocycles. The van der Waals surface area contributed by atoms with Crippen molar-refractivity contribution >= 4 is 0 Å². The Labute approximate surface area is 63.4 Å². The lowest BCUT2D eigenvalue weighted by Crippen LogP contribution is -2.37. The van der Waals surface area contributed by atoms with E-state index in [1.54, 1.807) is 6.92 Å². The molecule has 0 aliphatic heterocycles. The summed E-state index contributed by atoms with van der Waals surface area (Å²) in [6.07, 6.45) is 0.401. The highest BCUT2D eigenvalue weighted by Gasteiger charge is 2.21. The predicted molar refractivity (Wildman–Crippen MR) is 43.7 cm³/mol. The molecule has 0 rings (SSSR count). The van der Waals surface area contributed by atoms with Crippen LogP contribution < -0.4 is 5.73 Å². The molecule has 0 aromatic rings. The van der Waals surface area contributed by atoms with Gasteiger partial charge in [0, 0.05) is 6.04 Å². The summed E-state index contributed by atoms with van der Waals surface area (Å²) >= 11 is 0. The van der Waals surface area contributed by atoms with Crippen molar-refractivity contribution in [2.75, 3.05) is 0 Å². The van der Waals surface area contributed by atoms with Gasteiger partial charge in [0.2, 0.25) is 0 Å². The van der Waals surface area contributed by atoms with Gasteiger partial charge in [0.15, 0.2) is 0 Å². The average Bonchev–Trinajstić information content (AvgIpc) is 1.60. The van der Waals surface area contributed by atoms with Crippen LogP contribution in [-0.4, -0.2) is 17.3 Å². The maximum Gasteiger partial charge on any atom is 0.0527 e. The highest BCUT2D eigenvalue weighted by atomic mass is 16.3. The molecule has 0 aliphatic rings. The van der Waals surface area contributed by atoms with Crippen molar-refractivity contribution in [2.24, 2.45) is 11.1 Å². The molecule has 0 aliphatic carbocycles. The van der Waals surface area contributed by atoms with Crippen LogP contribution in [0, 0.1) is 5.41 Å². The first-order chi connectivity index (χ1) is 4.34. The van der Waals surface area contributed by atoms with Crippen LogP contribution in [0.15, 0.2) is 0 Å². The van der Waals surface area contributed by atoms with Crippen LogP contribution in [0.3, 0.4) is 0 Å². The minimum atomic E-state index is -0.283. The van der Waals surface area contributed by atoms with Crippen molar-refractivity contribution in [3.63, 3.8) is 0 Å². The van der Waals surface area contributed by atoms with Gasteiger partial charge in [-0.05, 0) is 18.8 Å². The second-order valence-corrected chi connectivity index (χ2v) is 4.06. The molecular weight excluding hydrogens is 126 g/mol. The van der Waals surface area contributed by atoms with Crippen molar-refractivity contribution in [3.8, 4) is 0 Å². The van der Waals surface area contributed by atoms with Crippen LogP contribution in [-0.2, 0) is 0 Å². The van der Waals surface area contributed by atoms with Crippen LogP contribution in [0.2, 0.25) is 0 Å². The largest absolute Gasteiger partial charge is 0.393 e. The summed E-state index contributed by atoms with van der Waals surface area (Å²) < 4.78 is 0. The van der Waals surface area contributed by atoms with E-state index in [2.05, 4.69) is 20.8 Å². The van der Waals surface area contributed by atoms with Crippen LogP contribution in [0.25, 0.3) is 0 Å². The smallest absolute Gasteiger partial charge is 0.0527 e. The zero-order valence-electron chi connectivity index (χ0n) is 7.39. The fourth-order valence-corrected chi connectivity index (χ4v) is 0.721. The van der Waals surface area contributed by atoms with Gasteiger partial charge in [-0.25, -0.2) is 0 Å². The van der Waals surface area contributed by atoms with Crippen LogP contribution in [0.5, 0.6) is 0 Å². The van der Waals surface area contributed by atoms with E-state index in [-0.39, 0.29) is 17.6 Å². The maximum absolute atomic E-state index is 9.01. The van der Waals surface area contributed by atoms with E-state index in [9.17, 15) is 0 Å². The van der Waals surface area contributed by atoms with Crippen molar-refractivity contribution in [2.45, 2.75) is 46.3 Å². The summed E-state index contributed by atoms with van der Waals surface area (Å²) in [5.41, 5.74) is 5.90. The number of aliphatic hydroxyl groups is 1. The molecule has 3 N–H and O–H groups in total. The van der Waals surface area contributed by atoms with Gasteiger partial charge in [-0.2, -0.15) is 0 Å². The monoisotopic (exact) mass is 145 g/mol. The lowest BCUT2D eigenvalue weighted by molar-refractivity contribution is 0.148. The summed E-state index contributed by atoms with van der Waals surface area (Å²) in [6.45, 7) is 8.02. The van der Waals surface area contributed by atoms with Gasteiger partial charge in [0.05, 0.1) is 6.10 Å². The highest BCUT2D eigenvalue weighted by Crippen LogP contribution is 2.20. The number of hydrogen-bond acceptors (Lipinski definition) is 2. The van der Waals surface area contributed by atoms with Crippen molar-refractivity contribution in [1.82, 2.24) is 0 Å². The zero-order valence-corrected chi connectivity index (χ0v) is 7.39. The predicted octanol–water partition coefficient (Wildman–Crippen LogP) is 1.13. The van der Waals surface area contributed by atoms with Gasteiger partial charge < -0.3 is 10.8 Å². The first kappa shape index (κ1) is 9.92. The Balaban J connectivity index is 3.73. The van der Waals surface area contributed by atoms with Crippen LogP contribution >= 0.6 is 0 Å². The second kappa shape index (κ2) is 3.35. The summed E-state index contributed by atoms with van der Waals surface area (Å²) in [4.78, 5) is 0. The highest BCUT2D eigenvalue weighted by molar-refractivity contribution is 4.78. The Morgan fingerprint density at radius 2 is 1.80 bits per heavy atom. The topological polar surface area (TPSA) is 46.2 Å². The summed E-state index contributed by atoms with van der Waals surface area (Å²) in [7, 11) is 0. The molecule has 0 bridgehead atoms. The fourth-order valence-electron chi connectivity index (χ4n) is 0.721. The molecule has 0 fully saturated rings. The third-order valence-electron chi connectivity index (χ3n) is 1.71. The fraction of sp³-hybridized carbons (Fsp3) is 1.00. The second-order valence-electron chi connectivity index (χ2n) is 4.06. The first-order valence-electron chi connectivity index (χ1n) is 3.77. The van der Waals surface area contributed by atoms with Crippen LogP contribution in [0.1, 0.15) is 34.1 Å². The lowest BCUT2D eigenvalue weighted by atomic mass is 9.84. The number of aliphatic hydroxyl groups excluding tert-OH is 1. The Morgan fingerprint density at radius 1 is 1.40 bits per heavy atom. The minimum Gasteiger partial charge on any atom is -0.393 e. The molecule has 0 heterocycles. The van der Waals surface area contributed by atoms with Gasteiger partial charge in [0.25, 0.3) is 0 Å². The van der Waals surface area contributed by atoms with Gasteiger partial charge in [-0.1, -0.05) is 20.8 Å². The zero-order chi connectivity index (χ0) is 8.36. The van der Waals surface area contributed by atoms with E-state index in [1.807, 2.05) is 0 Å². The average molecular weight is 145 g/mol. The summed E-state index contributed by atoms with van der Waals surface area (Å²) in [5.74, 6) is 0. The minimum absolute atomic E-state index is 0.0903. The van der Waals surface area contributed by atoms with Crippen molar-refractivity contribution in [3.05, 3.63) is 0 Å². The third-order valence-corrected chi connectivity index (χ3v) is 1.71. The molecule has 2 atom stereocenters. The molecule has 0 amide bonds. The Bertz CT molecular complexity index is 93.9. The maximum atomic E-state index is 9.01. The number of rotatable bonds is 2. The van der Waals surface area contributed by atoms with Gasteiger partial charge in [0.1, 0.15) is 0 Å². The van der Waals surface area contributed by atoms with E-state index < -0.39 is 0 Å². The molecule has 0 aromatic carbocycles. The molecule has 0 radical (unpaired) electrons.